The van der Waals surface area contributed by atoms with Gasteiger partial charge in [-0.15, -0.1) is 0 Å². The van der Waals surface area contributed by atoms with E-state index in [0.717, 1.165) is 0 Å². The molecule has 130 valence electrons. The molecule has 0 aliphatic carbocycles. The predicted octanol–water partition coefficient (Wildman–Crippen LogP) is 1.54. The first kappa shape index (κ1) is 16.8. The lowest BCUT2D eigenvalue weighted by Gasteiger charge is -2.34. The van der Waals surface area contributed by atoms with E-state index in [1.807, 2.05) is 4.90 Å². The molecular formula is C17H18FN5O2. The Bertz CT molecular complexity index is 790. The third-order valence-electron chi connectivity index (χ3n) is 4.02. The fourth-order valence-electron chi connectivity index (χ4n) is 2.66. The molecule has 1 aromatic heterocycles. The number of aromatic nitrogens is 2. The van der Waals surface area contributed by atoms with Gasteiger partial charge in [0.2, 0.25) is 5.91 Å². The van der Waals surface area contributed by atoms with Crippen LogP contribution in [-0.4, -0.2) is 52.9 Å². The van der Waals surface area contributed by atoms with Crippen molar-refractivity contribution in [3.63, 3.8) is 0 Å². The number of hydrogen-bond donors (Lipinski definition) is 1. The Morgan fingerprint density at radius 3 is 2.56 bits per heavy atom. The lowest BCUT2D eigenvalue weighted by molar-refractivity contribution is -0.129. The smallest absolute Gasteiger partial charge is 0.274 e. The monoisotopic (exact) mass is 343 g/mol. The molecule has 0 saturated carbocycles. The molecule has 0 radical (unpaired) electrons. The maximum Gasteiger partial charge on any atom is 0.274 e. The zero-order valence-electron chi connectivity index (χ0n) is 13.8. The largest absolute Gasteiger partial charge is 0.353 e. The molecule has 0 spiro atoms. The second-order valence-corrected chi connectivity index (χ2v) is 5.72. The minimum Gasteiger partial charge on any atom is -0.353 e. The molecule has 8 heteroatoms. The zero-order valence-corrected chi connectivity index (χ0v) is 13.8. The van der Waals surface area contributed by atoms with Gasteiger partial charge in [0.15, 0.2) is 0 Å². The van der Waals surface area contributed by atoms with Gasteiger partial charge < -0.3 is 15.1 Å². The number of carbonyl (C=O) groups excluding carboxylic acids is 2. The number of anilines is 2. The van der Waals surface area contributed by atoms with Gasteiger partial charge in [-0.05, 0) is 18.2 Å². The van der Waals surface area contributed by atoms with Crippen LogP contribution in [0.1, 0.15) is 17.4 Å². The maximum absolute atomic E-state index is 13.2. The van der Waals surface area contributed by atoms with Crippen molar-refractivity contribution in [3.8, 4) is 0 Å². The molecule has 2 aromatic rings. The molecule has 1 aliphatic heterocycles. The second kappa shape index (κ2) is 7.25. The van der Waals surface area contributed by atoms with Crippen LogP contribution in [0.3, 0.4) is 0 Å². The van der Waals surface area contributed by atoms with Crippen molar-refractivity contribution in [3.05, 3.63) is 48.2 Å². The summed E-state index contributed by atoms with van der Waals surface area (Å²) in [6, 6.07) is 7.26. The first-order valence-corrected chi connectivity index (χ1v) is 7.92. The van der Waals surface area contributed by atoms with Crippen LogP contribution < -0.4 is 10.2 Å². The molecule has 1 fully saturated rings. The number of carbonyl (C=O) groups is 2. The van der Waals surface area contributed by atoms with Gasteiger partial charge in [0.1, 0.15) is 23.7 Å². The van der Waals surface area contributed by atoms with Crippen molar-refractivity contribution in [2.24, 2.45) is 0 Å². The lowest BCUT2D eigenvalue weighted by atomic mass is 10.2. The number of halogens is 1. The minimum absolute atomic E-state index is 0.0532. The van der Waals surface area contributed by atoms with E-state index in [1.54, 1.807) is 24.0 Å². The number of nitrogens with zero attached hydrogens (tertiary/aromatic N) is 4. The van der Waals surface area contributed by atoms with Crippen LogP contribution in [0.15, 0.2) is 36.7 Å². The Balaban J connectivity index is 1.69. The minimum atomic E-state index is -0.434. The fraction of sp³-hybridized carbons (Fsp3) is 0.294. The van der Waals surface area contributed by atoms with Crippen LogP contribution in [0.2, 0.25) is 0 Å². The van der Waals surface area contributed by atoms with Crippen molar-refractivity contribution >= 4 is 23.3 Å². The summed E-state index contributed by atoms with van der Waals surface area (Å²) >= 11 is 0. The summed E-state index contributed by atoms with van der Waals surface area (Å²) in [5, 5.41) is 2.61. The number of rotatable bonds is 3. The average Bonchev–Trinajstić information content (AvgIpc) is 2.62. The van der Waals surface area contributed by atoms with Crippen molar-refractivity contribution in [1.82, 2.24) is 14.9 Å². The third kappa shape index (κ3) is 4.09. The van der Waals surface area contributed by atoms with E-state index in [0.29, 0.717) is 37.7 Å². The number of piperazine rings is 1. The van der Waals surface area contributed by atoms with Crippen LogP contribution in [0.4, 0.5) is 15.9 Å². The molecule has 1 saturated heterocycles. The molecule has 1 aliphatic rings. The molecule has 7 nitrogen and oxygen atoms in total. The molecule has 3 rings (SSSR count). The van der Waals surface area contributed by atoms with E-state index in [2.05, 4.69) is 15.3 Å². The first-order valence-electron chi connectivity index (χ1n) is 7.92. The Kier molecular flexibility index (Phi) is 4.87. The van der Waals surface area contributed by atoms with E-state index in [1.165, 1.54) is 24.5 Å². The Labute approximate surface area is 144 Å². The highest BCUT2D eigenvalue weighted by Gasteiger charge is 2.20. The lowest BCUT2D eigenvalue weighted by Crippen LogP contribution is -2.48. The van der Waals surface area contributed by atoms with E-state index in [-0.39, 0.29) is 11.6 Å². The maximum atomic E-state index is 13.2. The Hall–Kier alpha value is -3.03. The van der Waals surface area contributed by atoms with Gasteiger partial charge in [-0.1, -0.05) is 6.07 Å². The molecule has 0 atom stereocenters. The summed E-state index contributed by atoms with van der Waals surface area (Å²) in [5.41, 5.74) is 0.559. The Morgan fingerprint density at radius 1 is 1.12 bits per heavy atom. The zero-order chi connectivity index (χ0) is 17.8. The molecule has 1 aromatic carbocycles. The van der Waals surface area contributed by atoms with Crippen LogP contribution in [0, 0.1) is 5.82 Å². The van der Waals surface area contributed by atoms with E-state index >= 15 is 0 Å². The second-order valence-electron chi connectivity index (χ2n) is 5.72. The van der Waals surface area contributed by atoms with Crippen molar-refractivity contribution in [2.45, 2.75) is 6.92 Å². The molecule has 25 heavy (non-hydrogen) atoms. The normalized spacial score (nSPS) is 14.3. The summed E-state index contributed by atoms with van der Waals surface area (Å²) in [4.78, 5) is 35.7. The summed E-state index contributed by atoms with van der Waals surface area (Å²) in [7, 11) is 0. The standard InChI is InChI=1S/C17H18FN5O2/c1-12(24)22-5-7-23(8-6-22)16-10-15(19-11-20-16)17(25)21-14-4-2-3-13(18)9-14/h2-4,9-11H,5-8H2,1H3,(H,21,25). The predicted molar refractivity (Wildman–Crippen MR) is 90.9 cm³/mol. The fourth-order valence-corrected chi connectivity index (χ4v) is 2.66. The van der Waals surface area contributed by atoms with Gasteiger partial charge in [-0.25, -0.2) is 14.4 Å². The molecule has 0 bridgehead atoms. The summed E-state index contributed by atoms with van der Waals surface area (Å²) in [6.07, 6.45) is 1.33. The van der Waals surface area contributed by atoms with Gasteiger partial charge in [-0.2, -0.15) is 0 Å². The van der Waals surface area contributed by atoms with E-state index in [9.17, 15) is 14.0 Å². The number of benzene rings is 1. The van der Waals surface area contributed by atoms with Crippen LogP contribution in [0.25, 0.3) is 0 Å². The molecule has 1 N–H and O–H groups in total. The van der Waals surface area contributed by atoms with Crippen molar-refractivity contribution in [2.75, 3.05) is 36.4 Å². The van der Waals surface area contributed by atoms with E-state index < -0.39 is 11.7 Å². The molecular weight excluding hydrogens is 325 g/mol. The topological polar surface area (TPSA) is 78.4 Å². The Morgan fingerprint density at radius 2 is 1.88 bits per heavy atom. The highest BCUT2D eigenvalue weighted by molar-refractivity contribution is 6.03. The van der Waals surface area contributed by atoms with Gasteiger partial charge in [-0.3, -0.25) is 9.59 Å². The van der Waals surface area contributed by atoms with Crippen LogP contribution in [-0.2, 0) is 4.79 Å². The van der Waals surface area contributed by atoms with Gasteiger partial charge in [0.25, 0.3) is 5.91 Å². The quantitative estimate of drug-likeness (QED) is 0.914. The van der Waals surface area contributed by atoms with Crippen LogP contribution in [0.5, 0.6) is 0 Å². The van der Waals surface area contributed by atoms with Gasteiger partial charge in [0.05, 0.1) is 0 Å². The third-order valence-corrected chi connectivity index (χ3v) is 4.02. The highest BCUT2D eigenvalue weighted by atomic mass is 19.1. The molecule has 0 unspecified atom stereocenters. The van der Waals surface area contributed by atoms with Crippen molar-refractivity contribution < 1.29 is 14.0 Å². The van der Waals surface area contributed by atoms with Gasteiger partial charge >= 0.3 is 0 Å². The van der Waals surface area contributed by atoms with Crippen LogP contribution >= 0.6 is 0 Å². The number of amides is 2. The molecule has 2 amide bonds. The molecule has 2 heterocycles. The van der Waals surface area contributed by atoms with Gasteiger partial charge in [0, 0.05) is 44.9 Å². The average molecular weight is 343 g/mol. The SMILES string of the molecule is CC(=O)N1CCN(c2cc(C(=O)Nc3cccc(F)c3)ncn2)CC1. The van der Waals surface area contributed by atoms with Crippen molar-refractivity contribution in [1.29, 1.82) is 0 Å². The van der Waals surface area contributed by atoms with E-state index in [4.69, 9.17) is 0 Å². The summed E-state index contributed by atoms with van der Waals surface area (Å²) < 4.78 is 13.2. The first-order chi connectivity index (χ1) is 12.0. The summed E-state index contributed by atoms with van der Waals surface area (Å²) in [5.74, 6) is -0.179. The number of nitrogens with one attached hydrogen (secondary N) is 1. The highest BCUT2D eigenvalue weighted by Crippen LogP contribution is 2.16. The summed E-state index contributed by atoms with van der Waals surface area (Å²) in [6.45, 7) is 4.06. The number of hydrogen-bond acceptors (Lipinski definition) is 5.